The molecular weight excluding hydrogens is 1720 g/mol. The third-order valence-electron chi connectivity index (χ3n) is 18.2. The summed E-state index contributed by atoms with van der Waals surface area (Å²) in [6.45, 7) is 7.01. The zero-order valence-corrected chi connectivity index (χ0v) is 74.3. The van der Waals surface area contributed by atoms with E-state index in [4.69, 9.17) is 5.41 Å². The predicted molar refractivity (Wildman–Crippen MR) is 497 cm³/mol. The number of nitro benzene ring substituents is 1. The van der Waals surface area contributed by atoms with E-state index in [0.29, 0.717) is 94.6 Å². The van der Waals surface area contributed by atoms with Crippen LogP contribution >= 0.6 is 0 Å². The fourth-order valence-electron chi connectivity index (χ4n) is 11.1. The first kappa shape index (κ1) is 99.0. The Labute approximate surface area is 764 Å². The van der Waals surface area contributed by atoms with Gasteiger partial charge in [0.2, 0.25) is 11.6 Å². The number of nitro groups is 1. The smallest absolute Gasteiger partial charge is 0.353 e. The first-order valence-electron chi connectivity index (χ1n) is 40.0. The van der Waals surface area contributed by atoms with E-state index < -0.39 is 4.92 Å². The van der Waals surface area contributed by atoms with Crippen LogP contribution in [0.5, 0.6) is 0 Å². The van der Waals surface area contributed by atoms with Crippen molar-refractivity contribution in [1.29, 1.82) is 5.41 Å². The van der Waals surface area contributed by atoms with E-state index >= 15 is 0 Å². The lowest BCUT2D eigenvalue weighted by molar-refractivity contribution is -0.591. The lowest BCUT2D eigenvalue weighted by atomic mass is 9.98. The Morgan fingerprint density at radius 3 is 1.28 bits per heavy atom. The Kier molecular flexibility index (Phi) is 35.6. The van der Waals surface area contributed by atoms with Crippen molar-refractivity contribution >= 4 is 91.8 Å². The number of allylic oxidation sites excluding steroid dienone is 19. The topological polar surface area (TPSA) is 529 Å². The number of anilines is 1. The molecule has 0 aliphatic heterocycles. The summed E-state index contributed by atoms with van der Waals surface area (Å²) in [6, 6.07) is 43.0. The first-order chi connectivity index (χ1) is 64.1. The maximum absolute atomic E-state index is 11.8. The third-order valence-corrected chi connectivity index (χ3v) is 18.2. The summed E-state index contributed by atoms with van der Waals surface area (Å²) in [7, 11) is 14.7. The number of carbonyl (C=O) groups excluding carboxylic acids is 5. The monoisotopic (exact) mass is 1810 g/mol. The van der Waals surface area contributed by atoms with Crippen molar-refractivity contribution in [3.63, 3.8) is 0 Å². The second-order valence-electron chi connectivity index (χ2n) is 29.0. The molecule has 8 heterocycles. The van der Waals surface area contributed by atoms with Crippen LogP contribution < -0.4 is 42.6 Å². The van der Waals surface area contributed by atoms with E-state index in [9.17, 15) is 70.5 Å². The maximum Gasteiger partial charge on any atom is 0.353 e. The molecule has 0 saturated heterocycles. The fourth-order valence-corrected chi connectivity index (χ4v) is 11.1. The van der Waals surface area contributed by atoms with Crippen molar-refractivity contribution in [3.05, 3.63) is 397 Å². The minimum Gasteiger partial charge on any atom is -0.710 e. The number of nitrogens with zero attached hydrogens (tertiary/aromatic N) is 27. The number of nitrogens with one attached hydrogen (secondary N) is 1. The SMILES string of the molecule is CC1=CC(=NN=c2ccccn2O)C(C)=CC1=O.CC1=CC(=NN=c2ccccn2O)C=C(C)C1=O.CN(C)C1=CC(=N)C(=NN=c2ccccn2O)C=C1.CN(C)C1=CC(=O)C(=NN=c2ccccn2O)C=C1.CN(C)C1=CC(=O)C=CC1=NN=c1ccccn1O.CN(C)c1ccc(N=Nc2cccc[n+]2[O-])c([N+](=O)[O-])c1.O=C1C=CC(=NN=c2ccccn2O)c2cccnc21. The van der Waals surface area contributed by atoms with E-state index in [1.807, 2.05) is 58.2 Å². The molecular formula is C92H92N28O14. The van der Waals surface area contributed by atoms with Gasteiger partial charge in [-0.3, -0.25) is 44.5 Å². The Balaban J connectivity index is 0.000000176. The molecule has 6 aliphatic rings. The second kappa shape index (κ2) is 48.2. The van der Waals surface area contributed by atoms with Crippen LogP contribution in [0.15, 0.2) is 409 Å². The van der Waals surface area contributed by atoms with Gasteiger partial charge in [0.1, 0.15) is 22.8 Å². The number of azo groups is 1. The van der Waals surface area contributed by atoms with Crippen molar-refractivity contribution in [2.45, 2.75) is 27.7 Å². The maximum atomic E-state index is 11.8. The minimum atomic E-state index is -0.530. The lowest BCUT2D eigenvalue weighted by Crippen LogP contribution is -2.24. The van der Waals surface area contributed by atoms with Gasteiger partial charge >= 0.3 is 11.5 Å². The highest BCUT2D eigenvalue weighted by atomic mass is 16.6. The number of fused-ring (bicyclic) bond motifs is 1. The molecule has 0 saturated carbocycles. The Morgan fingerprint density at radius 1 is 0.388 bits per heavy atom. The summed E-state index contributed by atoms with van der Waals surface area (Å²) in [5, 5.41) is 142. The highest BCUT2D eigenvalue weighted by Crippen LogP contribution is 2.32. The number of ketones is 5. The molecule has 0 amide bonds. The van der Waals surface area contributed by atoms with E-state index in [1.54, 1.807) is 252 Å². The number of pyridine rings is 8. The van der Waals surface area contributed by atoms with Gasteiger partial charge in [0, 0.05) is 147 Å². The van der Waals surface area contributed by atoms with Crippen LogP contribution in [0.3, 0.4) is 0 Å². The van der Waals surface area contributed by atoms with Crippen LogP contribution in [0.2, 0.25) is 0 Å². The molecule has 134 heavy (non-hydrogen) atoms. The van der Waals surface area contributed by atoms with Crippen molar-refractivity contribution < 1.29 is 64.9 Å². The summed E-state index contributed by atoms with van der Waals surface area (Å²) in [6.07, 6.45) is 35.8. The summed E-state index contributed by atoms with van der Waals surface area (Å²) < 4.78 is 5.75. The van der Waals surface area contributed by atoms with Crippen molar-refractivity contribution in [1.82, 2.24) is 48.1 Å². The van der Waals surface area contributed by atoms with Crippen molar-refractivity contribution in [2.24, 2.45) is 71.4 Å². The molecule has 6 aliphatic carbocycles. The largest absolute Gasteiger partial charge is 0.710 e. The van der Waals surface area contributed by atoms with Gasteiger partial charge < -0.3 is 56.1 Å². The zero-order chi connectivity index (χ0) is 97.1. The molecule has 7 N–H and O–H groups in total. The van der Waals surface area contributed by atoms with Gasteiger partial charge in [0.25, 0.3) is 0 Å². The number of rotatable bonds is 13. The van der Waals surface area contributed by atoms with Gasteiger partial charge in [-0.2, -0.15) is 28.4 Å². The van der Waals surface area contributed by atoms with Crippen LogP contribution in [0.4, 0.5) is 22.9 Å². The summed E-state index contributed by atoms with van der Waals surface area (Å²) >= 11 is 0. The molecule has 0 bridgehead atoms. The van der Waals surface area contributed by atoms with Crippen LogP contribution in [0.1, 0.15) is 43.7 Å². The Bertz CT molecular complexity index is 6950. The van der Waals surface area contributed by atoms with Crippen LogP contribution in [-0.2, 0) is 19.2 Å². The number of carbonyl (C=O) groups is 5. The van der Waals surface area contributed by atoms with Gasteiger partial charge in [-0.15, -0.1) is 61.2 Å². The Morgan fingerprint density at radius 2 is 0.828 bits per heavy atom. The molecule has 0 radical (unpaired) electrons. The van der Waals surface area contributed by atoms with E-state index in [1.165, 1.54) is 92.0 Å². The molecule has 42 heteroatoms. The van der Waals surface area contributed by atoms with Crippen LogP contribution in [-0.4, -0.2) is 210 Å². The van der Waals surface area contributed by atoms with Crippen LogP contribution in [0, 0.1) is 20.7 Å². The summed E-state index contributed by atoms with van der Waals surface area (Å²) in [4.78, 5) is 79.6. The molecule has 684 valence electrons. The second-order valence-corrected chi connectivity index (χ2v) is 29.0. The molecule has 1 aromatic carbocycles. The number of hydrogen-bond acceptors (Lipinski definition) is 34. The first-order valence-corrected chi connectivity index (χ1v) is 40.0. The molecule has 0 unspecified atom stereocenters. The highest BCUT2D eigenvalue weighted by Gasteiger charge is 2.22. The van der Waals surface area contributed by atoms with Gasteiger partial charge in [-0.1, -0.05) is 42.5 Å². The molecule has 0 fully saturated rings. The number of hydrogen-bond donors (Lipinski definition) is 7. The van der Waals surface area contributed by atoms with Crippen LogP contribution in [0.25, 0.3) is 0 Å². The molecule has 0 atom stereocenters. The molecule has 0 spiro atoms. The normalized spacial score (nSPS) is 16.5. The van der Waals surface area contributed by atoms with E-state index in [-0.39, 0.29) is 68.5 Å². The number of likely N-dealkylation sites (N-methyl/N-ethyl adjacent to an activating group) is 2. The highest BCUT2D eigenvalue weighted by molar-refractivity contribution is 6.50. The molecule has 9 aromatic rings. The molecule has 8 aromatic heterocycles. The van der Waals surface area contributed by atoms with Gasteiger partial charge in [-0.25, -0.2) is 4.73 Å². The zero-order valence-electron chi connectivity index (χ0n) is 74.3. The average molecular weight is 1810 g/mol. The summed E-state index contributed by atoms with van der Waals surface area (Å²) in [5.41, 5.74) is 11.7. The fraction of sp³-hybridized carbons (Fsp3) is 0.130. The van der Waals surface area contributed by atoms with E-state index in [0.717, 1.165) is 45.3 Å². The van der Waals surface area contributed by atoms with Crippen molar-refractivity contribution in [3.8, 4) is 0 Å². The third kappa shape index (κ3) is 29.1. The predicted octanol–water partition coefficient (Wildman–Crippen LogP) is 8.95. The number of benzene rings is 1. The van der Waals surface area contributed by atoms with Gasteiger partial charge in [0.05, 0.1) is 44.8 Å². The average Bonchev–Trinajstić information content (AvgIpc) is 0.811. The minimum absolute atomic E-state index is 0.0108. The molecule has 42 nitrogen and oxygen atoms in total. The van der Waals surface area contributed by atoms with Gasteiger partial charge in [-0.05, 0) is 237 Å². The molecule has 15 rings (SSSR count). The lowest BCUT2D eigenvalue weighted by Gasteiger charge is -2.18. The van der Waals surface area contributed by atoms with Gasteiger partial charge in [0.15, 0.2) is 56.0 Å². The Hall–Kier alpha value is -18.8. The number of Topliss-reactive ketones (excluding diaryl/α,β-unsaturated/α-hetero) is 1. The standard InChI is InChI=1S/C14H10N4O2.C13H13N5O3.C13H15N5O.2C13H14N4O2.2C13H13N3O2/c19-12-7-6-11(10-4-3-8-15-14(10)12)16-17-13-5-1-2-9-18(13)20;1-16(2)10-6-7-11(12(9-10)18(20)21)14-15-13-5-3-4-8-17(13)19;1-17(2)10-6-7-12(11(14)9-10)15-16-13-5-3-4-8-18(13)19;1-16(2)12-9-10(18)6-7-11(12)14-15-13-5-3-4-8-17(13)19;1-16(2)10-6-7-11(12(18)9-10)14-15-13-5-3-4-8-17(13)19;1-9-8-12(17)10(2)7-11(9)14-15-13-5-3-4-6-16(13)18;1-9-7-11(8-10(2)13(9)17)14-15-12-5-3-4-6-16(12)18/h1-9,20H;3-9H,1-2H3;3-9,14,19H,1-2H3;2*3-9,19H,1-2H3;2*3-8,18H,1-2H3. The summed E-state index contributed by atoms with van der Waals surface area (Å²) in [5.74, 6) is -0.385. The quantitative estimate of drug-likeness (QED) is 0.00827. The number of aromatic nitrogens is 8. The van der Waals surface area contributed by atoms with E-state index in [2.05, 4.69) is 76.4 Å². The van der Waals surface area contributed by atoms with Crippen molar-refractivity contribution in [2.75, 3.05) is 61.3 Å².